The molecule has 1 aliphatic rings. The largest absolute Gasteiger partial charge is 0.477 e. The third-order valence-corrected chi connectivity index (χ3v) is 5.56. The Balaban J connectivity index is 1.29. The Kier molecular flexibility index (Phi) is 6.49. The molecule has 0 aliphatic heterocycles. The maximum Gasteiger partial charge on any atom is 0.407 e. The molecule has 0 atom stereocenters. The van der Waals surface area contributed by atoms with Crippen molar-refractivity contribution in [3.8, 4) is 11.1 Å². The quantitative estimate of drug-likeness (QED) is 0.460. The minimum Gasteiger partial charge on any atom is -0.477 e. The van der Waals surface area contributed by atoms with Crippen LogP contribution in [0.3, 0.4) is 0 Å². The summed E-state index contributed by atoms with van der Waals surface area (Å²) in [5, 5.41) is 11.5. The molecule has 3 aromatic rings. The van der Waals surface area contributed by atoms with Crippen molar-refractivity contribution in [1.82, 2.24) is 5.32 Å². The second kappa shape index (κ2) is 9.65. The molecule has 4 rings (SSSR count). The molecule has 3 aromatic carbocycles. The molecule has 0 fully saturated rings. The Labute approximate surface area is 189 Å². The fourth-order valence-electron chi connectivity index (χ4n) is 4.01. The van der Waals surface area contributed by atoms with Gasteiger partial charge in [0.05, 0.1) is 0 Å². The number of hydrogen-bond acceptors (Lipinski definition) is 3. The van der Waals surface area contributed by atoms with Crippen LogP contribution in [0.1, 0.15) is 39.4 Å². The highest BCUT2D eigenvalue weighted by atomic mass is 19.1. The molecule has 168 valence electrons. The summed E-state index contributed by atoms with van der Waals surface area (Å²) in [7, 11) is 0. The van der Waals surface area contributed by atoms with Gasteiger partial charge in [0.1, 0.15) is 23.8 Å². The second-order valence-electron chi connectivity index (χ2n) is 7.57. The Morgan fingerprint density at radius 3 is 2.24 bits per heavy atom. The monoisotopic (exact) mass is 449 g/mol. The molecule has 1 aliphatic carbocycles. The normalized spacial score (nSPS) is 12.4. The first kappa shape index (κ1) is 22.2. The Morgan fingerprint density at radius 2 is 1.61 bits per heavy atom. The van der Waals surface area contributed by atoms with Crippen LogP contribution in [-0.2, 0) is 4.74 Å². The number of hydrogen-bond donors (Lipinski definition) is 2. The first-order chi connectivity index (χ1) is 16.0. The van der Waals surface area contributed by atoms with E-state index in [-0.39, 0.29) is 24.6 Å². The standard InChI is InChI=1S/C26H21F2NO4/c27-22-13-12-16(24(28)23(22)25(30)31)7-5-6-14-29-26(32)33-15-21-19-10-3-1-8-17(19)18-9-2-4-11-20(18)21/h1-5,7-13,21H,6,14-15H2,(H,29,32)(H,30,31). The van der Waals surface area contributed by atoms with Gasteiger partial charge in [0.25, 0.3) is 0 Å². The predicted octanol–water partition coefficient (Wildman–Crippen LogP) is 5.61. The van der Waals surface area contributed by atoms with E-state index in [4.69, 9.17) is 9.84 Å². The summed E-state index contributed by atoms with van der Waals surface area (Å²) in [6, 6.07) is 18.2. The van der Waals surface area contributed by atoms with Crippen molar-refractivity contribution in [3.05, 3.63) is 101 Å². The minimum atomic E-state index is -1.67. The molecule has 33 heavy (non-hydrogen) atoms. The van der Waals surface area contributed by atoms with E-state index in [9.17, 15) is 18.4 Å². The summed E-state index contributed by atoms with van der Waals surface area (Å²) < 4.78 is 33.0. The van der Waals surface area contributed by atoms with Crippen LogP contribution in [0.2, 0.25) is 0 Å². The van der Waals surface area contributed by atoms with Crippen LogP contribution in [0.4, 0.5) is 13.6 Å². The van der Waals surface area contributed by atoms with Gasteiger partial charge in [-0.3, -0.25) is 0 Å². The molecule has 0 saturated carbocycles. The number of amides is 1. The van der Waals surface area contributed by atoms with E-state index in [1.165, 1.54) is 6.08 Å². The lowest BCUT2D eigenvalue weighted by Gasteiger charge is -2.14. The molecular weight excluding hydrogens is 428 g/mol. The number of benzene rings is 3. The SMILES string of the molecule is O=C(NCCC=Cc1ccc(F)c(C(=O)O)c1F)OCC1c2ccccc2-c2ccccc21. The number of ether oxygens (including phenoxy) is 1. The van der Waals surface area contributed by atoms with Crippen molar-refractivity contribution in [2.24, 2.45) is 0 Å². The zero-order valence-electron chi connectivity index (χ0n) is 17.6. The number of fused-ring (bicyclic) bond motifs is 3. The van der Waals surface area contributed by atoms with Crippen molar-refractivity contribution in [1.29, 1.82) is 0 Å². The molecule has 0 spiro atoms. The van der Waals surface area contributed by atoms with E-state index in [0.29, 0.717) is 6.42 Å². The Hall–Kier alpha value is -4.00. The molecule has 0 aromatic heterocycles. The van der Waals surface area contributed by atoms with Crippen LogP contribution >= 0.6 is 0 Å². The van der Waals surface area contributed by atoms with Gasteiger partial charge in [0.15, 0.2) is 0 Å². The number of halogens is 2. The average molecular weight is 449 g/mol. The summed E-state index contributed by atoms with van der Waals surface area (Å²) in [5.74, 6) is -3.97. The molecule has 0 saturated heterocycles. The maximum atomic E-state index is 14.1. The number of rotatable bonds is 7. The van der Waals surface area contributed by atoms with E-state index in [1.807, 2.05) is 36.4 Å². The topological polar surface area (TPSA) is 75.6 Å². The third kappa shape index (κ3) is 4.62. The van der Waals surface area contributed by atoms with E-state index >= 15 is 0 Å². The lowest BCUT2D eigenvalue weighted by Crippen LogP contribution is -2.26. The lowest BCUT2D eigenvalue weighted by atomic mass is 9.98. The van der Waals surface area contributed by atoms with E-state index in [2.05, 4.69) is 17.4 Å². The molecule has 0 heterocycles. The number of nitrogens with one attached hydrogen (secondary N) is 1. The van der Waals surface area contributed by atoms with Crippen LogP contribution in [0.5, 0.6) is 0 Å². The number of carbonyl (C=O) groups excluding carboxylic acids is 1. The van der Waals surface area contributed by atoms with Gasteiger partial charge in [0.2, 0.25) is 0 Å². The molecule has 7 heteroatoms. The minimum absolute atomic E-state index is 0.0343. The van der Waals surface area contributed by atoms with Crippen LogP contribution in [0, 0.1) is 11.6 Å². The first-order valence-electron chi connectivity index (χ1n) is 10.4. The van der Waals surface area contributed by atoms with Crippen LogP contribution in [0.25, 0.3) is 17.2 Å². The van der Waals surface area contributed by atoms with Gasteiger partial charge in [-0.1, -0.05) is 60.7 Å². The van der Waals surface area contributed by atoms with Crippen molar-refractivity contribution in [2.45, 2.75) is 12.3 Å². The summed E-state index contributed by atoms with van der Waals surface area (Å²) >= 11 is 0. The first-order valence-corrected chi connectivity index (χ1v) is 10.4. The van der Waals surface area contributed by atoms with Crippen LogP contribution < -0.4 is 5.32 Å². The molecule has 5 nitrogen and oxygen atoms in total. The molecular formula is C26H21F2NO4. The highest BCUT2D eigenvalue weighted by molar-refractivity contribution is 5.89. The number of carboxylic acid groups (broad SMARTS) is 1. The van der Waals surface area contributed by atoms with Gasteiger partial charge >= 0.3 is 12.1 Å². The maximum absolute atomic E-state index is 14.1. The van der Waals surface area contributed by atoms with Gasteiger partial charge in [-0.05, 0) is 40.8 Å². The molecule has 2 N–H and O–H groups in total. The number of aromatic carboxylic acids is 1. The molecule has 0 bridgehead atoms. The summed E-state index contributed by atoms with van der Waals surface area (Å²) in [4.78, 5) is 23.1. The second-order valence-corrected chi connectivity index (χ2v) is 7.57. The van der Waals surface area contributed by atoms with Gasteiger partial charge in [-0.25, -0.2) is 18.4 Å². The average Bonchev–Trinajstić information content (AvgIpc) is 3.12. The zero-order valence-corrected chi connectivity index (χ0v) is 17.6. The lowest BCUT2D eigenvalue weighted by molar-refractivity contribution is 0.0686. The smallest absolute Gasteiger partial charge is 0.407 e. The van der Waals surface area contributed by atoms with E-state index in [1.54, 1.807) is 6.08 Å². The number of carbonyl (C=O) groups is 2. The number of alkyl carbamates (subject to hydrolysis) is 1. The van der Waals surface area contributed by atoms with Crippen molar-refractivity contribution < 1.29 is 28.2 Å². The van der Waals surface area contributed by atoms with Crippen molar-refractivity contribution in [2.75, 3.05) is 13.2 Å². The van der Waals surface area contributed by atoms with E-state index in [0.717, 1.165) is 34.4 Å². The fraction of sp³-hybridized carbons (Fsp3) is 0.154. The Bertz CT molecular complexity index is 1190. The predicted molar refractivity (Wildman–Crippen MR) is 120 cm³/mol. The Morgan fingerprint density at radius 1 is 0.970 bits per heavy atom. The van der Waals surface area contributed by atoms with Gasteiger partial charge < -0.3 is 15.2 Å². The van der Waals surface area contributed by atoms with Crippen molar-refractivity contribution >= 4 is 18.1 Å². The van der Waals surface area contributed by atoms with Gasteiger partial charge in [-0.2, -0.15) is 0 Å². The highest BCUT2D eigenvalue weighted by Crippen LogP contribution is 2.44. The molecule has 1 amide bonds. The molecule has 0 unspecified atom stereocenters. The number of carboxylic acids is 1. The van der Waals surface area contributed by atoms with Crippen LogP contribution in [0.15, 0.2) is 66.7 Å². The highest BCUT2D eigenvalue weighted by Gasteiger charge is 2.28. The molecule has 0 radical (unpaired) electrons. The van der Waals surface area contributed by atoms with Gasteiger partial charge in [0, 0.05) is 18.0 Å². The van der Waals surface area contributed by atoms with Gasteiger partial charge in [-0.15, -0.1) is 0 Å². The fourth-order valence-corrected chi connectivity index (χ4v) is 4.01. The van der Waals surface area contributed by atoms with Crippen molar-refractivity contribution in [3.63, 3.8) is 0 Å². The summed E-state index contributed by atoms with van der Waals surface area (Å²) in [6.07, 6.45) is 2.70. The zero-order chi connectivity index (χ0) is 23.4. The summed E-state index contributed by atoms with van der Waals surface area (Å²) in [6.45, 7) is 0.441. The summed E-state index contributed by atoms with van der Waals surface area (Å²) in [5.41, 5.74) is 3.49. The van der Waals surface area contributed by atoms with E-state index < -0.39 is 29.3 Å². The third-order valence-electron chi connectivity index (χ3n) is 5.56. The van der Waals surface area contributed by atoms with Crippen LogP contribution in [-0.4, -0.2) is 30.3 Å².